The van der Waals surface area contributed by atoms with Crippen molar-refractivity contribution in [1.82, 2.24) is 0 Å². The molecule has 0 aliphatic rings. The predicted molar refractivity (Wildman–Crippen MR) is 202 cm³/mol. The van der Waals surface area contributed by atoms with Crippen LogP contribution in [0.3, 0.4) is 0 Å². The second-order valence-electron chi connectivity index (χ2n) is 12.2. The van der Waals surface area contributed by atoms with Gasteiger partial charge in [-0.15, -0.1) is 10.2 Å². The number of aryl methyl sites for hydroxylation is 4. The molecule has 12 nitrogen and oxygen atoms in total. The molecule has 13 heteroatoms. The number of fused-ring (bicyclic) bond motifs is 1. The summed E-state index contributed by atoms with van der Waals surface area (Å²) in [6.07, 6.45) is 0. The van der Waals surface area contributed by atoms with Crippen molar-refractivity contribution in [3.63, 3.8) is 0 Å². The van der Waals surface area contributed by atoms with Crippen LogP contribution in [0.2, 0.25) is 0 Å². The van der Waals surface area contributed by atoms with E-state index in [4.69, 9.17) is 0 Å². The Labute approximate surface area is 300 Å². The maximum Gasteiger partial charge on any atom is 0.296 e. The Morgan fingerprint density at radius 2 is 1.06 bits per heavy atom. The molecule has 6 aromatic rings. The highest BCUT2D eigenvalue weighted by atomic mass is 32.2. The highest BCUT2D eigenvalue weighted by Gasteiger charge is 2.17. The smallest absolute Gasteiger partial charge is 0.296 e. The van der Waals surface area contributed by atoms with E-state index in [1.807, 2.05) is 94.4 Å². The van der Waals surface area contributed by atoms with Gasteiger partial charge in [0.2, 0.25) is 0 Å². The molecule has 0 saturated heterocycles. The van der Waals surface area contributed by atoms with Gasteiger partial charge < -0.3 is 15.5 Å². The predicted octanol–water partition coefficient (Wildman–Crippen LogP) is 11.5. The Kier molecular flexibility index (Phi) is 10.3. The summed E-state index contributed by atoms with van der Waals surface area (Å²) in [7, 11) is -4.59. The Hall–Kier alpha value is -6.15. The zero-order valence-electron chi connectivity index (χ0n) is 28.8. The Bertz CT molecular complexity index is 2520. The number of phenols is 1. The van der Waals surface area contributed by atoms with Gasteiger partial charge in [0.05, 0.1) is 29.4 Å². The van der Waals surface area contributed by atoms with Crippen LogP contribution in [-0.2, 0) is 16.7 Å². The molecule has 0 heterocycles. The molecule has 0 fully saturated rings. The standard InChI is InChI=1S/C39H35N7O5S/c1-23-18-36(25(3)16-34(23)43-41-32-14-10-27(22-47)20-38(32)52(49,50)51)45-46-37-19-24(2)35(17-26(37)4)44-42-33-15-11-28-21-30(12-13-31(28)39(33)48)40-29-8-6-5-7-9-29/h5-21,40,47-48H,22H2,1-4H3,(H,49,50,51). The summed E-state index contributed by atoms with van der Waals surface area (Å²) in [6, 6.07) is 30.5. The lowest BCUT2D eigenvalue weighted by atomic mass is 10.1. The molecule has 0 saturated carbocycles. The summed E-state index contributed by atoms with van der Waals surface area (Å²) >= 11 is 0. The molecule has 0 spiro atoms. The number of aliphatic hydroxyl groups is 1. The first-order valence-electron chi connectivity index (χ1n) is 16.2. The number of aromatic hydroxyl groups is 1. The lowest BCUT2D eigenvalue weighted by Gasteiger charge is -2.09. The van der Waals surface area contributed by atoms with Crippen molar-refractivity contribution in [3.05, 3.63) is 131 Å². The normalized spacial score (nSPS) is 12.1. The van der Waals surface area contributed by atoms with E-state index in [0.29, 0.717) is 45.0 Å². The van der Waals surface area contributed by atoms with Crippen molar-refractivity contribution in [2.75, 3.05) is 5.32 Å². The highest BCUT2D eigenvalue weighted by Crippen LogP contribution is 2.39. The average molecular weight is 714 g/mol. The summed E-state index contributed by atoms with van der Waals surface area (Å²) in [5, 5.41) is 51.3. The van der Waals surface area contributed by atoms with Crippen LogP contribution in [0.15, 0.2) is 139 Å². The molecule has 0 amide bonds. The fraction of sp³-hybridized carbons (Fsp3) is 0.128. The Balaban J connectivity index is 1.18. The highest BCUT2D eigenvalue weighted by molar-refractivity contribution is 7.86. The lowest BCUT2D eigenvalue weighted by Crippen LogP contribution is -1.99. The van der Waals surface area contributed by atoms with Gasteiger partial charge in [0.15, 0.2) is 5.75 Å². The minimum atomic E-state index is -4.59. The van der Waals surface area contributed by atoms with Crippen LogP contribution in [0.25, 0.3) is 10.8 Å². The van der Waals surface area contributed by atoms with E-state index >= 15 is 0 Å². The van der Waals surface area contributed by atoms with Gasteiger partial charge in [0.25, 0.3) is 10.1 Å². The summed E-state index contributed by atoms with van der Waals surface area (Å²) in [5.41, 5.74) is 7.96. The molecule has 6 aromatic carbocycles. The van der Waals surface area contributed by atoms with Gasteiger partial charge in [0, 0.05) is 16.8 Å². The number of aliphatic hydroxyl groups excluding tert-OH is 1. The third-order valence-electron chi connectivity index (χ3n) is 8.34. The zero-order valence-corrected chi connectivity index (χ0v) is 29.6. The number of benzene rings is 6. The average Bonchev–Trinajstić information content (AvgIpc) is 3.12. The number of rotatable bonds is 10. The second kappa shape index (κ2) is 15.0. The largest absolute Gasteiger partial charge is 0.505 e. The molecule has 0 bridgehead atoms. The van der Waals surface area contributed by atoms with Gasteiger partial charge in [-0.2, -0.15) is 28.9 Å². The van der Waals surface area contributed by atoms with Crippen molar-refractivity contribution < 1.29 is 23.2 Å². The van der Waals surface area contributed by atoms with E-state index in [0.717, 1.165) is 39.5 Å². The van der Waals surface area contributed by atoms with Crippen LogP contribution in [0.4, 0.5) is 45.5 Å². The van der Waals surface area contributed by atoms with Gasteiger partial charge in [-0.25, -0.2) is 0 Å². The number of hydrogen-bond donors (Lipinski definition) is 4. The Morgan fingerprint density at radius 3 is 1.58 bits per heavy atom. The molecule has 0 aliphatic heterocycles. The zero-order chi connectivity index (χ0) is 37.0. The molecule has 0 atom stereocenters. The van der Waals surface area contributed by atoms with Crippen molar-refractivity contribution in [2.45, 2.75) is 39.2 Å². The van der Waals surface area contributed by atoms with Crippen LogP contribution in [0.1, 0.15) is 27.8 Å². The number of phenolic OH excluding ortho intramolecular Hbond substituents is 1. The third-order valence-corrected chi connectivity index (χ3v) is 9.23. The summed E-state index contributed by atoms with van der Waals surface area (Å²) in [6.45, 7) is 7.06. The van der Waals surface area contributed by atoms with E-state index in [1.54, 1.807) is 18.2 Å². The molecule has 52 heavy (non-hydrogen) atoms. The van der Waals surface area contributed by atoms with Crippen LogP contribution >= 0.6 is 0 Å². The van der Waals surface area contributed by atoms with E-state index < -0.39 is 21.6 Å². The van der Waals surface area contributed by atoms with Gasteiger partial charge in [-0.3, -0.25) is 4.55 Å². The van der Waals surface area contributed by atoms with Gasteiger partial charge >= 0.3 is 0 Å². The first-order valence-corrected chi connectivity index (χ1v) is 17.6. The summed E-state index contributed by atoms with van der Waals surface area (Å²) < 4.78 is 33.4. The fourth-order valence-electron chi connectivity index (χ4n) is 5.42. The van der Waals surface area contributed by atoms with Gasteiger partial charge in [-0.1, -0.05) is 30.3 Å². The van der Waals surface area contributed by atoms with E-state index in [1.165, 1.54) is 12.1 Å². The number of anilines is 2. The third kappa shape index (κ3) is 8.08. The number of nitrogens with one attached hydrogen (secondary N) is 1. The molecule has 0 unspecified atom stereocenters. The van der Waals surface area contributed by atoms with Crippen LogP contribution in [0, 0.1) is 27.7 Å². The fourth-order valence-corrected chi connectivity index (χ4v) is 6.09. The topological polar surface area (TPSA) is 181 Å². The molecule has 0 radical (unpaired) electrons. The molecular formula is C39H35N7O5S. The van der Waals surface area contributed by atoms with Crippen molar-refractivity contribution in [3.8, 4) is 5.75 Å². The second-order valence-corrected chi connectivity index (χ2v) is 13.6. The summed E-state index contributed by atoms with van der Waals surface area (Å²) in [4.78, 5) is -0.445. The van der Waals surface area contributed by atoms with E-state index in [-0.39, 0.29) is 11.4 Å². The maximum atomic E-state index is 11.9. The molecule has 262 valence electrons. The van der Waals surface area contributed by atoms with Crippen molar-refractivity contribution >= 4 is 66.4 Å². The van der Waals surface area contributed by atoms with Crippen LogP contribution in [-0.4, -0.2) is 23.2 Å². The van der Waals surface area contributed by atoms with E-state index in [9.17, 15) is 23.2 Å². The summed E-state index contributed by atoms with van der Waals surface area (Å²) in [5.74, 6) is 0.0463. The molecular weight excluding hydrogens is 679 g/mol. The molecule has 4 N–H and O–H groups in total. The number of para-hydroxylation sites is 1. The van der Waals surface area contributed by atoms with Crippen LogP contribution in [0.5, 0.6) is 5.75 Å². The van der Waals surface area contributed by atoms with Crippen molar-refractivity contribution in [1.29, 1.82) is 0 Å². The number of azo groups is 3. The first-order chi connectivity index (χ1) is 24.9. The molecule has 0 aliphatic carbocycles. The molecule has 0 aromatic heterocycles. The van der Waals surface area contributed by atoms with Gasteiger partial charge in [0.1, 0.15) is 16.3 Å². The molecule has 6 rings (SSSR count). The monoisotopic (exact) mass is 713 g/mol. The quantitative estimate of drug-likeness (QED) is 0.0809. The number of nitrogens with zero attached hydrogens (tertiary/aromatic N) is 6. The minimum absolute atomic E-state index is 0.0463. The first kappa shape index (κ1) is 35.7. The maximum absolute atomic E-state index is 11.9. The van der Waals surface area contributed by atoms with Crippen LogP contribution < -0.4 is 5.32 Å². The number of hydrogen-bond acceptors (Lipinski definition) is 11. The van der Waals surface area contributed by atoms with Crippen molar-refractivity contribution in [2.24, 2.45) is 30.7 Å². The SMILES string of the molecule is Cc1cc(N=Nc2ccc(CO)cc2S(=O)(=O)O)c(C)cc1N=Nc1cc(C)c(N=Nc2ccc3cc(Nc4ccccc4)ccc3c2O)cc1C. The Morgan fingerprint density at radius 1 is 0.558 bits per heavy atom. The van der Waals surface area contributed by atoms with E-state index in [2.05, 4.69) is 36.0 Å². The minimum Gasteiger partial charge on any atom is -0.505 e. The van der Waals surface area contributed by atoms with Gasteiger partial charge in [-0.05, 0) is 134 Å². The lowest BCUT2D eigenvalue weighted by molar-refractivity contribution is 0.281.